The highest BCUT2D eigenvalue weighted by molar-refractivity contribution is 6.14. The second-order valence-electron chi connectivity index (χ2n) is 16.2. The van der Waals surface area contributed by atoms with E-state index in [1.54, 1.807) is 0 Å². The molecule has 0 spiro atoms. The van der Waals surface area contributed by atoms with E-state index in [9.17, 15) is 0 Å². The first-order valence-corrected chi connectivity index (χ1v) is 17.5. The average molecular weight is 628 g/mol. The molecule has 7 aromatic rings. The zero-order chi connectivity index (χ0) is 34.2. The molecule has 0 aliphatic carbocycles. The number of para-hydroxylation sites is 2. The van der Waals surface area contributed by atoms with E-state index in [0.29, 0.717) is 0 Å². The molecule has 3 heterocycles. The van der Waals surface area contributed by atoms with Crippen molar-refractivity contribution in [3.8, 4) is 5.69 Å². The molecule has 0 atom stereocenters. The van der Waals surface area contributed by atoms with E-state index >= 15 is 0 Å². The molecule has 0 saturated heterocycles. The van der Waals surface area contributed by atoms with Crippen LogP contribution in [-0.2, 0) is 16.2 Å². The summed E-state index contributed by atoms with van der Waals surface area (Å²) in [7, 11) is 0. The number of hydrogen-bond donors (Lipinski definition) is 0. The van der Waals surface area contributed by atoms with E-state index in [1.807, 2.05) is 0 Å². The number of aromatic nitrogens is 1. The fourth-order valence-electron chi connectivity index (χ4n) is 7.99. The Morgan fingerprint density at radius 1 is 0.458 bits per heavy atom. The summed E-state index contributed by atoms with van der Waals surface area (Å²) in [6, 6.07) is 42.2. The molecule has 0 radical (unpaired) electrons. The van der Waals surface area contributed by atoms with Crippen LogP contribution in [0.5, 0.6) is 0 Å². The molecule has 0 N–H and O–H groups in total. The summed E-state index contributed by atoms with van der Waals surface area (Å²) in [5.41, 5.74) is 15.8. The average Bonchev–Trinajstić information content (AvgIpc) is 3.37. The van der Waals surface area contributed by atoms with Gasteiger partial charge in [-0.1, -0.05) is 174 Å². The predicted octanol–water partition coefficient (Wildman–Crippen LogP) is 12.8. The van der Waals surface area contributed by atoms with Crippen LogP contribution in [0.25, 0.3) is 38.3 Å². The zero-order valence-corrected chi connectivity index (χ0v) is 30.4. The molecular weight excluding hydrogens is 579 g/mol. The quantitative estimate of drug-likeness (QED) is 0.158. The van der Waals surface area contributed by atoms with E-state index in [0.717, 1.165) is 0 Å². The number of hydrogen-bond acceptors (Lipinski definition) is 0. The lowest BCUT2D eigenvalue weighted by Crippen LogP contribution is -2.33. The second kappa shape index (κ2) is 11.2. The van der Waals surface area contributed by atoms with E-state index in [4.69, 9.17) is 0 Å². The molecular formula is C47H49N. The Morgan fingerprint density at radius 3 is 1.69 bits per heavy atom. The van der Waals surface area contributed by atoms with Gasteiger partial charge in [0.15, 0.2) is 0 Å². The van der Waals surface area contributed by atoms with Crippen molar-refractivity contribution in [2.75, 3.05) is 0 Å². The van der Waals surface area contributed by atoms with Crippen LogP contribution < -0.4 is 0 Å². The van der Waals surface area contributed by atoms with Crippen molar-refractivity contribution in [3.63, 3.8) is 0 Å². The molecule has 1 nitrogen and oxygen atoms in total. The molecule has 2 aliphatic rings. The van der Waals surface area contributed by atoms with Crippen molar-refractivity contribution in [2.45, 2.75) is 85.5 Å². The summed E-state index contributed by atoms with van der Waals surface area (Å²) in [5.74, 6) is 0. The highest BCUT2D eigenvalue weighted by Gasteiger charge is 2.43. The maximum atomic E-state index is 2.58. The first-order chi connectivity index (χ1) is 22.7. The fourth-order valence-corrected chi connectivity index (χ4v) is 7.99. The molecule has 9 rings (SSSR count). The Hall–Kier alpha value is -4.62. The van der Waals surface area contributed by atoms with Gasteiger partial charge in [-0.15, -0.1) is 0 Å². The first-order valence-electron chi connectivity index (χ1n) is 17.5. The van der Waals surface area contributed by atoms with Crippen LogP contribution in [0.3, 0.4) is 0 Å². The molecule has 1 aromatic heterocycles. The van der Waals surface area contributed by atoms with Gasteiger partial charge in [-0.3, -0.25) is 0 Å². The van der Waals surface area contributed by atoms with Crippen molar-refractivity contribution in [2.24, 2.45) is 0 Å². The number of nitrogens with zero attached hydrogens (tertiary/aromatic N) is 1. The fraction of sp³-hybridized carbons (Fsp3) is 0.277. The minimum Gasteiger partial charge on any atom is -0.308 e. The van der Waals surface area contributed by atoms with Crippen LogP contribution >= 0.6 is 0 Å². The Labute approximate surface area is 287 Å². The Kier molecular flexibility index (Phi) is 7.48. The lowest BCUT2D eigenvalue weighted by atomic mass is 9.68. The lowest BCUT2D eigenvalue weighted by Gasteiger charge is -2.42. The standard InChI is InChI=1S/C25H23N.C11H10.C11H16/c1-14-12-16-15-8-6-9-17-21(15)26-22(16)20(13-14)25(4,5)19-11-7-10-18(23(19)26)24(17,2)3;1-9-6-7-10-4-2-3-5-11(10)8-9;1-9-5-7-10(8-6-9)11(2,3)4/h6-13H,1-5H3;2-8H,1H3;5-8H,1-4H3. The van der Waals surface area contributed by atoms with E-state index in [1.165, 1.54) is 82.8 Å². The highest BCUT2D eigenvalue weighted by Crippen LogP contribution is 2.55. The SMILES string of the molecule is Cc1cc2c3c(c1)c1cccc4c1n3-c1c(cccc1C2(C)C)C4(C)C.Cc1ccc(C(C)(C)C)cc1.Cc1ccc2ccccc2c1. The minimum atomic E-state index is 0.00751. The molecule has 0 amide bonds. The monoisotopic (exact) mass is 627 g/mol. The smallest absolute Gasteiger partial charge is 0.0582 e. The summed E-state index contributed by atoms with van der Waals surface area (Å²) in [4.78, 5) is 0. The van der Waals surface area contributed by atoms with Crippen molar-refractivity contribution in [1.29, 1.82) is 0 Å². The largest absolute Gasteiger partial charge is 0.308 e. The highest BCUT2D eigenvalue weighted by atomic mass is 15.0. The predicted molar refractivity (Wildman–Crippen MR) is 208 cm³/mol. The van der Waals surface area contributed by atoms with Gasteiger partial charge in [0, 0.05) is 21.6 Å². The molecule has 2 aliphatic heterocycles. The molecule has 0 bridgehead atoms. The van der Waals surface area contributed by atoms with Crippen molar-refractivity contribution in [1.82, 2.24) is 4.57 Å². The van der Waals surface area contributed by atoms with Crippen molar-refractivity contribution in [3.05, 3.63) is 160 Å². The van der Waals surface area contributed by atoms with Gasteiger partial charge < -0.3 is 4.57 Å². The summed E-state index contributed by atoms with van der Waals surface area (Å²) in [5, 5.41) is 5.45. The molecule has 0 fully saturated rings. The Balaban J connectivity index is 0.000000137. The maximum Gasteiger partial charge on any atom is 0.0582 e. The summed E-state index contributed by atoms with van der Waals surface area (Å²) in [6.07, 6.45) is 0. The van der Waals surface area contributed by atoms with Gasteiger partial charge in [0.05, 0.1) is 16.7 Å². The molecule has 6 aromatic carbocycles. The van der Waals surface area contributed by atoms with Crippen LogP contribution in [0.1, 0.15) is 93.0 Å². The van der Waals surface area contributed by atoms with Gasteiger partial charge in [-0.05, 0) is 70.8 Å². The summed E-state index contributed by atoms with van der Waals surface area (Å²) < 4.78 is 2.58. The van der Waals surface area contributed by atoms with Gasteiger partial charge in [0.2, 0.25) is 0 Å². The Bertz CT molecular complexity index is 2330. The Morgan fingerprint density at radius 2 is 1.02 bits per heavy atom. The van der Waals surface area contributed by atoms with Crippen LogP contribution in [-0.4, -0.2) is 4.57 Å². The number of aryl methyl sites for hydroxylation is 3. The van der Waals surface area contributed by atoms with Crippen molar-refractivity contribution >= 4 is 32.6 Å². The third-order valence-corrected chi connectivity index (χ3v) is 10.8. The third-order valence-electron chi connectivity index (χ3n) is 10.8. The number of benzene rings is 6. The van der Waals surface area contributed by atoms with E-state index in [2.05, 4.69) is 189 Å². The van der Waals surface area contributed by atoms with Gasteiger partial charge in [0.25, 0.3) is 0 Å². The first kappa shape index (κ1) is 32.0. The van der Waals surface area contributed by atoms with Crippen molar-refractivity contribution < 1.29 is 0 Å². The minimum absolute atomic E-state index is 0.00751. The molecule has 0 saturated carbocycles. The lowest BCUT2D eigenvalue weighted by molar-refractivity contribution is 0.590. The van der Waals surface area contributed by atoms with Gasteiger partial charge in [0.1, 0.15) is 0 Å². The van der Waals surface area contributed by atoms with Crippen LogP contribution in [0.4, 0.5) is 0 Å². The van der Waals surface area contributed by atoms with E-state index in [-0.39, 0.29) is 16.2 Å². The van der Waals surface area contributed by atoms with Crippen LogP contribution in [0, 0.1) is 20.8 Å². The second-order valence-corrected chi connectivity index (χ2v) is 16.2. The number of rotatable bonds is 0. The maximum absolute atomic E-state index is 2.58. The summed E-state index contributed by atoms with van der Waals surface area (Å²) >= 11 is 0. The molecule has 48 heavy (non-hydrogen) atoms. The molecule has 0 unspecified atom stereocenters. The molecule has 1 heteroatoms. The van der Waals surface area contributed by atoms with E-state index < -0.39 is 0 Å². The van der Waals surface area contributed by atoms with Gasteiger partial charge in [-0.2, -0.15) is 0 Å². The van der Waals surface area contributed by atoms with Gasteiger partial charge >= 0.3 is 0 Å². The van der Waals surface area contributed by atoms with Crippen LogP contribution in [0.15, 0.2) is 115 Å². The molecule has 242 valence electrons. The topological polar surface area (TPSA) is 4.93 Å². The van der Waals surface area contributed by atoms with Crippen LogP contribution in [0.2, 0.25) is 0 Å². The number of fused-ring (bicyclic) bond motifs is 2. The normalized spacial score (nSPS) is 14.8. The van der Waals surface area contributed by atoms with Gasteiger partial charge in [-0.25, -0.2) is 0 Å². The third kappa shape index (κ3) is 5.07. The zero-order valence-electron chi connectivity index (χ0n) is 30.4. The summed E-state index contributed by atoms with van der Waals surface area (Å²) in [6.45, 7) is 22.7.